The molecular weight excluding hydrogens is 326 g/mol. The molecule has 0 N–H and O–H groups in total. The summed E-state index contributed by atoms with van der Waals surface area (Å²) in [6.45, 7) is 5.60. The van der Waals surface area contributed by atoms with Crippen molar-refractivity contribution in [2.45, 2.75) is 39.3 Å². The number of likely N-dealkylation sites (tertiary alicyclic amines) is 1. The molecule has 0 saturated carbocycles. The van der Waals surface area contributed by atoms with Crippen molar-refractivity contribution in [2.24, 2.45) is 0 Å². The highest BCUT2D eigenvalue weighted by Gasteiger charge is 2.31. The summed E-state index contributed by atoms with van der Waals surface area (Å²) in [5, 5.41) is 8.85. The third-order valence-corrected chi connectivity index (χ3v) is 5.01. The van der Waals surface area contributed by atoms with E-state index in [-0.39, 0.29) is 11.9 Å². The van der Waals surface area contributed by atoms with Crippen molar-refractivity contribution >= 4 is 5.91 Å². The van der Waals surface area contributed by atoms with Crippen molar-refractivity contribution in [1.29, 1.82) is 0 Å². The second-order valence-corrected chi connectivity index (χ2v) is 6.87. The molecule has 26 heavy (non-hydrogen) atoms. The Bertz CT molecular complexity index is 912. The zero-order chi connectivity index (χ0) is 18.1. The molecule has 1 amide bonds. The van der Waals surface area contributed by atoms with Crippen molar-refractivity contribution in [3.8, 4) is 5.69 Å². The number of hydrogen-bond acceptors (Lipinski definition) is 3. The Hall–Kier alpha value is -2.89. The van der Waals surface area contributed by atoms with Gasteiger partial charge in [-0.1, -0.05) is 12.1 Å². The summed E-state index contributed by atoms with van der Waals surface area (Å²) in [6, 6.07) is 11.8. The maximum atomic E-state index is 13.3. The largest absolute Gasteiger partial charge is 0.334 e. The van der Waals surface area contributed by atoms with Gasteiger partial charge in [-0.3, -0.25) is 9.48 Å². The summed E-state index contributed by atoms with van der Waals surface area (Å²) in [5.74, 6) is 0.0696. The molecule has 1 aliphatic heterocycles. The average molecular weight is 349 g/mol. The minimum absolute atomic E-state index is 0.0696. The maximum Gasteiger partial charge on any atom is 0.256 e. The summed E-state index contributed by atoms with van der Waals surface area (Å²) < 4.78 is 3.77. The molecule has 3 heterocycles. The van der Waals surface area contributed by atoms with Crippen LogP contribution in [0.5, 0.6) is 0 Å². The van der Waals surface area contributed by atoms with Crippen LogP contribution < -0.4 is 0 Å². The first-order chi connectivity index (χ1) is 12.6. The molecule has 1 aromatic carbocycles. The van der Waals surface area contributed by atoms with Gasteiger partial charge in [0.25, 0.3) is 5.91 Å². The first-order valence-electron chi connectivity index (χ1n) is 9.04. The second-order valence-electron chi connectivity index (χ2n) is 6.87. The number of carbonyl (C=O) groups is 1. The Kier molecular flexibility index (Phi) is 4.32. The minimum Gasteiger partial charge on any atom is -0.334 e. The summed E-state index contributed by atoms with van der Waals surface area (Å²) >= 11 is 0. The van der Waals surface area contributed by atoms with Gasteiger partial charge in [-0.2, -0.15) is 10.2 Å². The van der Waals surface area contributed by atoms with Crippen LogP contribution in [0.3, 0.4) is 0 Å². The molecule has 2 aromatic heterocycles. The Morgan fingerprint density at radius 2 is 2.08 bits per heavy atom. The van der Waals surface area contributed by atoms with E-state index < -0.39 is 0 Å². The molecule has 1 fully saturated rings. The van der Waals surface area contributed by atoms with Crippen molar-refractivity contribution in [3.05, 3.63) is 65.7 Å². The van der Waals surface area contributed by atoms with Gasteiger partial charge in [-0.25, -0.2) is 4.68 Å². The van der Waals surface area contributed by atoms with E-state index in [1.807, 2.05) is 53.0 Å². The van der Waals surface area contributed by atoms with Gasteiger partial charge in [-0.05, 0) is 51.0 Å². The average Bonchev–Trinajstić information content (AvgIpc) is 3.37. The Morgan fingerprint density at radius 3 is 2.81 bits per heavy atom. The van der Waals surface area contributed by atoms with E-state index in [1.54, 1.807) is 10.9 Å². The van der Waals surface area contributed by atoms with E-state index in [4.69, 9.17) is 0 Å². The third-order valence-electron chi connectivity index (χ3n) is 5.01. The molecule has 0 bridgehead atoms. The Morgan fingerprint density at radius 1 is 1.23 bits per heavy atom. The topological polar surface area (TPSA) is 56.0 Å². The zero-order valence-electron chi connectivity index (χ0n) is 15.2. The highest BCUT2D eigenvalue weighted by molar-refractivity contribution is 5.98. The third kappa shape index (κ3) is 3.03. The SMILES string of the molecule is Cc1cc(C)n(C[C@@H]2CCCN2C(=O)c2ccccc2-n2cccn2)n1. The highest BCUT2D eigenvalue weighted by atomic mass is 16.2. The molecule has 6 nitrogen and oxygen atoms in total. The number of aryl methyl sites for hydroxylation is 2. The first-order valence-corrected chi connectivity index (χ1v) is 9.04. The Labute approximate surface area is 153 Å². The van der Waals surface area contributed by atoms with Gasteiger partial charge in [-0.15, -0.1) is 0 Å². The number of para-hydroxylation sites is 1. The normalized spacial score (nSPS) is 17.0. The van der Waals surface area contributed by atoms with Crippen molar-refractivity contribution in [3.63, 3.8) is 0 Å². The fraction of sp³-hybridized carbons (Fsp3) is 0.350. The van der Waals surface area contributed by atoms with Crippen LogP contribution in [0, 0.1) is 13.8 Å². The molecule has 1 aliphatic rings. The number of hydrogen-bond donors (Lipinski definition) is 0. The standard InChI is InChI=1S/C20H23N5O/c1-15-13-16(2)25(22-15)14-17-7-5-11-23(17)20(26)18-8-3-4-9-19(18)24-12-6-10-21-24/h3-4,6,8-10,12-13,17H,5,7,11,14H2,1-2H3/t17-/m0/s1. The van der Waals surface area contributed by atoms with E-state index in [0.29, 0.717) is 5.56 Å². The molecule has 1 saturated heterocycles. The lowest BCUT2D eigenvalue weighted by atomic mass is 10.1. The number of carbonyl (C=O) groups excluding carboxylic acids is 1. The number of aromatic nitrogens is 4. The van der Waals surface area contributed by atoms with Crippen LogP contribution in [0.4, 0.5) is 0 Å². The van der Waals surface area contributed by atoms with Gasteiger partial charge < -0.3 is 4.90 Å². The zero-order valence-corrected chi connectivity index (χ0v) is 15.2. The van der Waals surface area contributed by atoms with Gasteiger partial charge in [0.1, 0.15) is 0 Å². The lowest BCUT2D eigenvalue weighted by molar-refractivity contribution is 0.0721. The number of nitrogens with zero attached hydrogens (tertiary/aromatic N) is 5. The van der Waals surface area contributed by atoms with Crippen molar-refractivity contribution < 1.29 is 4.79 Å². The molecule has 0 radical (unpaired) electrons. The summed E-state index contributed by atoms with van der Waals surface area (Å²) in [6.07, 6.45) is 5.62. The summed E-state index contributed by atoms with van der Waals surface area (Å²) in [4.78, 5) is 15.3. The van der Waals surface area contributed by atoms with Gasteiger partial charge in [0, 0.05) is 24.6 Å². The maximum absolute atomic E-state index is 13.3. The van der Waals surface area contributed by atoms with Crippen LogP contribution in [-0.4, -0.2) is 43.0 Å². The van der Waals surface area contributed by atoms with E-state index in [2.05, 4.69) is 23.2 Å². The van der Waals surface area contributed by atoms with Crippen LogP contribution in [0.1, 0.15) is 34.6 Å². The van der Waals surface area contributed by atoms with Gasteiger partial charge in [0.05, 0.1) is 29.5 Å². The summed E-state index contributed by atoms with van der Waals surface area (Å²) in [5.41, 5.74) is 3.66. The molecule has 6 heteroatoms. The molecule has 1 atom stereocenters. The Balaban J connectivity index is 1.61. The number of benzene rings is 1. The summed E-state index contributed by atoms with van der Waals surface area (Å²) in [7, 11) is 0. The molecule has 0 aliphatic carbocycles. The smallest absolute Gasteiger partial charge is 0.256 e. The monoisotopic (exact) mass is 349 g/mol. The molecule has 134 valence electrons. The fourth-order valence-corrected chi connectivity index (χ4v) is 3.77. The first kappa shape index (κ1) is 16.6. The number of rotatable bonds is 4. The second kappa shape index (κ2) is 6.78. The molecular formula is C20H23N5O. The lowest BCUT2D eigenvalue weighted by Gasteiger charge is -2.26. The molecule has 4 rings (SSSR count). The van der Waals surface area contributed by atoms with Crippen LogP contribution in [0.15, 0.2) is 48.8 Å². The van der Waals surface area contributed by atoms with E-state index in [1.165, 1.54) is 0 Å². The van der Waals surface area contributed by atoms with Crippen molar-refractivity contribution in [1.82, 2.24) is 24.5 Å². The lowest BCUT2D eigenvalue weighted by Crippen LogP contribution is -2.39. The van der Waals surface area contributed by atoms with E-state index in [0.717, 1.165) is 43.0 Å². The van der Waals surface area contributed by atoms with Gasteiger partial charge in [0.2, 0.25) is 0 Å². The van der Waals surface area contributed by atoms with Crippen LogP contribution >= 0.6 is 0 Å². The van der Waals surface area contributed by atoms with Crippen LogP contribution in [-0.2, 0) is 6.54 Å². The quantitative estimate of drug-likeness (QED) is 0.728. The molecule has 3 aromatic rings. The van der Waals surface area contributed by atoms with Crippen molar-refractivity contribution in [2.75, 3.05) is 6.54 Å². The fourth-order valence-electron chi connectivity index (χ4n) is 3.77. The predicted octanol–water partition coefficient (Wildman–Crippen LogP) is 2.99. The van der Waals surface area contributed by atoms with E-state index >= 15 is 0 Å². The molecule has 0 spiro atoms. The van der Waals surface area contributed by atoms with E-state index in [9.17, 15) is 4.79 Å². The van der Waals surface area contributed by atoms with Crippen LogP contribution in [0.2, 0.25) is 0 Å². The van der Waals surface area contributed by atoms with Gasteiger partial charge in [0.15, 0.2) is 0 Å². The number of amides is 1. The van der Waals surface area contributed by atoms with Gasteiger partial charge >= 0.3 is 0 Å². The predicted molar refractivity (Wildman–Crippen MR) is 99.3 cm³/mol. The highest BCUT2D eigenvalue weighted by Crippen LogP contribution is 2.24. The molecule has 0 unspecified atom stereocenters. The minimum atomic E-state index is 0.0696. The van der Waals surface area contributed by atoms with Crippen LogP contribution in [0.25, 0.3) is 5.69 Å².